The van der Waals surface area contributed by atoms with Crippen molar-refractivity contribution < 1.29 is 9.32 Å². The average molecular weight is 385 g/mol. The van der Waals surface area contributed by atoms with E-state index in [-0.39, 0.29) is 17.7 Å². The third kappa shape index (κ3) is 5.89. The molecule has 1 fully saturated rings. The molecule has 0 aliphatic carbocycles. The summed E-state index contributed by atoms with van der Waals surface area (Å²) in [5, 5.41) is 7.16. The second kappa shape index (κ2) is 9.82. The summed E-state index contributed by atoms with van der Waals surface area (Å²) < 4.78 is 5.54. The Labute approximate surface area is 167 Å². The third-order valence-corrected chi connectivity index (χ3v) is 5.31. The van der Waals surface area contributed by atoms with Gasteiger partial charge in [-0.05, 0) is 38.3 Å². The van der Waals surface area contributed by atoms with Crippen LogP contribution in [0.15, 0.2) is 28.8 Å². The molecule has 1 aliphatic heterocycles. The summed E-state index contributed by atoms with van der Waals surface area (Å²) in [5.41, 5.74) is 2.57. The Morgan fingerprint density at radius 1 is 1.29 bits per heavy atom. The number of amides is 1. The van der Waals surface area contributed by atoms with Gasteiger partial charge in [-0.3, -0.25) is 9.69 Å². The Morgan fingerprint density at radius 2 is 2.14 bits per heavy atom. The van der Waals surface area contributed by atoms with E-state index in [4.69, 9.17) is 4.52 Å². The molecule has 0 radical (unpaired) electrons. The second-order valence-electron chi connectivity index (χ2n) is 8.14. The molecule has 1 aromatic carbocycles. The van der Waals surface area contributed by atoms with Crippen LogP contribution in [0, 0.1) is 6.92 Å². The maximum atomic E-state index is 12.2. The standard InChI is InChI=1S/C22H32N4O2/c1-16(2)21-24-22(28-25-21)19-8-5-12-26(13-10-20(27)23-11-9-19)15-18-7-4-6-17(3)14-18/h4,6-7,14,16,19H,5,8-13,15H2,1-3H3,(H,23,27). The molecule has 2 aromatic rings. The van der Waals surface area contributed by atoms with Crippen molar-refractivity contribution in [1.29, 1.82) is 0 Å². The van der Waals surface area contributed by atoms with Crippen LogP contribution in [0.1, 0.15) is 74.2 Å². The molecule has 6 heteroatoms. The minimum absolute atomic E-state index is 0.114. The molecule has 1 amide bonds. The first-order valence-electron chi connectivity index (χ1n) is 10.4. The second-order valence-corrected chi connectivity index (χ2v) is 8.14. The van der Waals surface area contributed by atoms with E-state index >= 15 is 0 Å². The first-order chi connectivity index (χ1) is 13.5. The van der Waals surface area contributed by atoms with Gasteiger partial charge in [-0.1, -0.05) is 48.8 Å². The molecule has 1 aliphatic rings. The molecule has 152 valence electrons. The lowest BCUT2D eigenvalue weighted by atomic mass is 9.99. The zero-order valence-electron chi connectivity index (χ0n) is 17.3. The zero-order chi connectivity index (χ0) is 19.9. The summed E-state index contributed by atoms with van der Waals surface area (Å²) in [6.07, 6.45) is 3.40. The van der Waals surface area contributed by atoms with Gasteiger partial charge in [0.25, 0.3) is 0 Å². The Bertz CT molecular complexity index is 771. The van der Waals surface area contributed by atoms with Crippen LogP contribution in [0.2, 0.25) is 0 Å². The SMILES string of the molecule is Cc1cccc(CN2CCCC(c3nc(C(C)C)no3)CCNC(=O)CC2)c1. The first-order valence-corrected chi connectivity index (χ1v) is 10.4. The molecule has 1 N–H and O–H groups in total. The maximum absolute atomic E-state index is 12.2. The number of rotatable bonds is 4. The molecule has 1 unspecified atom stereocenters. The number of carbonyl (C=O) groups excluding carboxylic acids is 1. The number of hydrogen-bond acceptors (Lipinski definition) is 5. The van der Waals surface area contributed by atoms with Crippen LogP contribution in [0.4, 0.5) is 0 Å². The number of benzene rings is 1. The predicted octanol–water partition coefficient (Wildman–Crippen LogP) is 3.78. The van der Waals surface area contributed by atoms with E-state index in [1.165, 1.54) is 11.1 Å². The number of aromatic nitrogens is 2. The topological polar surface area (TPSA) is 71.3 Å². The van der Waals surface area contributed by atoms with E-state index in [1.807, 2.05) is 0 Å². The van der Waals surface area contributed by atoms with E-state index in [2.05, 4.69) is 65.4 Å². The van der Waals surface area contributed by atoms with Crippen LogP contribution in [0.5, 0.6) is 0 Å². The van der Waals surface area contributed by atoms with E-state index in [0.29, 0.717) is 18.9 Å². The summed E-state index contributed by atoms with van der Waals surface area (Å²) in [7, 11) is 0. The van der Waals surface area contributed by atoms with Gasteiger partial charge < -0.3 is 9.84 Å². The van der Waals surface area contributed by atoms with Crippen molar-refractivity contribution in [2.24, 2.45) is 0 Å². The van der Waals surface area contributed by atoms with Gasteiger partial charge in [-0.25, -0.2) is 0 Å². The first kappa shape index (κ1) is 20.5. The maximum Gasteiger partial charge on any atom is 0.229 e. The van der Waals surface area contributed by atoms with E-state index in [1.54, 1.807) is 0 Å². The van der Waals surface area contributed by atoms with E-state index in [0.717, 1.165) is 44.7 Å². The third-order valence-electron chi connectivity index (χ3n) is 5.31. The normalized spacial score (nSPS) is 20.0. The van der Waals surface area contributed by atoms with Crippen LogP contribution in [-0.4, -0.2) is 40.6 Å². The number of nitrogens with zero attached hydrogens (tertiary/aromatic N) is 3. The Balaban J connectivity index is 1.66. The number of carbonyl (C=O) groups is 1. The molecule has 2 heterocycles. The molecule has 28 heavy (non-hydrogen) atoms. The Morgan fingerprint density at radius 3 is 2.89 bits per heavy atom. The largest absolute Gasteiger partial charge is 0.356 e. The predicted molar refractivity (Wildman–Crippen MR) is 109 cm³/mol. The van der Waals surface area contributed by atoms with Crippen molar-refractivity contribution in [1.82, 2.24) is 20.4 Å². The highest BCUT2D eigenvalue weighted by molar-refractivity contribution is 5.76. The Kier molecular flexibility index (Phi) is 7.20. The van der Waals surface area contributed by atoms with Gasteiger partial charge in [-0.15, -0.1) is 0 Å². The van der Waals surface area contributed by atoms with Crippen LogP contribution in [0.3, 0.4) is 0 Å². The smallest absolute Gasteiger partial charge is 0.229 e. The summed E-state index contributed by atoms with van der Waals surface area (Å²) >= 11 is 0. The van der Waals surface area contributed by atoms with Crippen molar-refractivity contribution in [3.63, 3.8) is 0 Å². The van der Waals surface area contributed by atoms with Gasteiger partial charge in [0.1, 0.15) is 0 Å². The Hall–Kier alpha value is -2.21. The zero-order valence-corrected chi connectivity index (χ0v) is 17.3. The van der Waals surface area contributed by atoms with Crippen molar-refractivity contribution in [2.45, 2.75) is 64.8 Å². The van der Waals surface area contributed by atoms with Crippen molar-refractivity contribution in [3.05, 3.63) is 47.1 Å². The van der Waals surface area contributed by atoms with Gasteiger partial charge in [0, 0.05) is 37.9 Å². The lowest BCUT2D eigenvalue weighted by molar-refractivity contribution is -0.121. The molecule has 1 saturated heterocycles. The molecule has 6 nitrogen and oxygen atoms in total. The molecule has 0 bridgehead atoms. The summed E-state index contributed by atoms with van der Waals surface area (Å²) in [6, 6.07) is 8.60. The van der Waals surface area contributed by atoms with Crippen molar-refractivity contribution >= 4 is 5.91 Å². The van der Waals surface area contributed by atoms with Crippen LogP contribution in [0.25, 0.3) is 0 Å². The molecular formula is C22H32N4O2. The van der Waals surface area contributed by atoms with E-state index < -0.39 is 0 Å². The number of aryl methyl sites for hydroxylation is 1. The summed E-state index contributed by atoms with van der Waals surface area (Å²) in [6.45, 7) is 9.51. The van der Waals surface area contributed by atoms with Crippen molar-refractivity contribution in [2.75, 3.05) is 19.6 Å². The fraction of sp³-hybridized carbons (Fsp3) is 0.591. The molecular weight excluding hydrogens is 352 g/mol. The van der Waals surface area contributed by atoms with Gasteiger partial charge in [-0.2, -0.15) is 4.98 Å². The van der Waals surface area contributed by atoms with Crippen LogP contribution in [-0.2, 0) is 11.3 Å². The molecule has 0 spiro atoms. The highest BCUT2D eigenvalue weighted by Gasteiger charge is 2.21. The fourth-order valence-corrected chi connectivity index (χ4v) is 3.67. The molecule has 1 aromatic heterocycles. The lowest BCUT2D eigenvalue weighted by Gasteiger charge is -2.22. The lowest BCUT2D eigenvalue weighted by Crippen LogP contribution is -2.31. The summed E-state index contributed by atoms with van der Waals surface area (Å²) in [4.78, 5) is 19.2. The quantitative estimate of drug-likeness (QED) is 0.869. The summed E-state index contributed by atoms with van der Waals surface area (Å²) in [5.74, 6) is 2.03. The molecule has 0 saturated carbocycles. The fourth-order valence-electron chi connectivity index (χ4n) is 3.67. The van der Waals surface area contributed by atoms with E-state index in [9.17, 15) is 4.79 Å². The minimum Gasteiger partial charge on any atom is -0.356 e. The van der Waals surface area contributed by atoms with Crippen molar-refractivity contribution in [3.8, 4) is 0 Å². The highest BCUT2D eigenvalue weighted by Crippen LogP contribution is 2.25. The van der Waals surface area contributed by atoms with Gasteiger partial charge >= 0.3 is 0 Å². The van der Waals surface area contributed by atoms with Crippen LogP contribution < -0.4 is 5.32 Å². The molecule has 3 rings (SSSR count). The van der Waals surface area contributed by atoms with Gasteiger partial charge in [0.15, 0.2) is 5.82 Å². The number of nitrogens with one attached hydrogen (secondary N) is 1. The highest BCUT2D eigenvalue weighted by atomic mass is 16.5. The average Bonchev–Trinajstić information content (AvgIpc) is 3.13. The number of hydrogen-bond donors (Lipinski definition) is 1. The van der Waals surface area contributed by atoms with Gasteiger partial charge in [0.05, 0.1) is 0 Å². The minimum atomic E-state index is 0.114. The van der Waals surface area contributed by atoms with Gasteiger partial charge in [0.2, 0.25) is 11.8 Å². The van der Waals surface area contributed by atoms with Crippen LogP contribution >= 0.6 is 0 Å². The monoisotopic (exact) mass is 384 g/mol. The molecule has 1 atom stereocenters.